The Morgan fingerprint density at radius 3 is 1.37 bits per heavy atom. The van der Waals surface area contributed by atoms with Crippen molar-refractivity contribution < 1.29 is 20.1 Å². The van der Waals surface area contributed by atoms with Crippen molar-refractivity contribution >= 4 is 5.91 Å². The first-order valence-electron chi connectivity index (χ1n) is 19.8. The molecule has 5 heteroatoms. The second-order valence-corrected chi connectivity index (χ2v) is 13.5. The van der Waals surface area contributed by atoms with E-state index in [0.29, 0.717) is 6.42 Å². The highest BCUT2D eigenvalue weighted by Crippen LogP contribution is 2.15. The van der Waals surface area contributed by atoms with Crippen LogP contribution >= 0.6 is 0 Å². The molecule has 46 heavy (non-hydrogen) atoms. The van der Waals surface area contributed by atoms with E-state index in [1.165, 1.54) is 122 Å². The number of aliphatic hydroxyl groups is 3. The van der Waals surface area contributed by atoms with Crippen molar-refractivity contribution in [1.29, 1.82) is 0 Å². The number of unbranched alkanes of at least 4 members (excludes halogenated alkanes) is 24. The Hall–Kier alpha value is -1.43. The van der Waals surface area contributed by atoms with E-state index < -0.39 is 24.2 Å². The lowest BCUT2D eigenvalue weighted by Gasteiger charge is -2.21. The highest BCUT2D eigenvalue weighted by atomic mass is 16.3. The number of allylic oxidation sites excluding steroid dienone is 5. The SMILES string of the molecule is CCCCC/C=C\C=C/CCCCCCCC(O)C(=O)NC(CO)C(O)/C=C/CCCCCCCCCCCCCCCCCC. The van der Waals surface area contributed by atoms with Gasteiger partial charge >= 0.3 is 0 Å². The summed E-state index contributed by atoms with van der Waals surface area (Å²) in [5.41, 5.74) is 0. The maximum absolute atomic E-state index is 12.4. The van der Waals surface area contributed by atoms with Gasteiger partial charge in [-0.3, -0.25) is 4.79 Å². The number of hydrogen-bond donors (Lipinski definition) is 4. The lowest BCUT2D eigenvalue weighted by atomic mass is 10.0. The van der Waals surface area contributed by atoms with Crippen LogP contribution in [0.4, 0.5) is 0 Å². The summed E-state index contributed by atoms with van der Waals surface area (Å²) < 4.78 is 0. The van der Waals surface area contributed by atoms with Gasteiger partial charge in [-0.05, 0) is 44.9 Å². The zero-order valence-electron chi connectivity index (χ0n) is 30.5. The number of hydrogen-bond acceptors (Lipinski definition) is 4. The van der Waals surface area contributed by atoms with Gasteiger partial charge in [0.2, 0.25) is 5.91 Å². The molecule has 0 aliphatic carbocycles. The molecule has 0 aliphatic heterocycles. The van der Waals surface area contributed by atoms with Gasteiger partial charge in [-0.15, -0.1) is 0 Å². The number of nitrogens with one attached hydrogen (secondary N) is 1. The standard InChI is InChI=1S/C41H77NO4/c1-3-5-7-9-11-13-15-17-19-20-21-22-24-25-27-29-31-33-35-39(44)38(37-43)42-41(46)40(45)36-34-32-30-28-26-23-18-16-14-12-10-8-6-4-2/h12,14,16,18,33,35,38-40,43-45H,3-11,13,15,17,19-32,34,36-37H2,1-2H3,(H,42,46)/b14-12-,18-16-,35-33+. The van der Waals surface area contributed by atoms with E-state index >= 15 is 0 Å². The van der Waals surface area contributed by atoms with Gasteiger partial charge in [-0.2, -0.15) is 0 Å². The van der Waals surface area contributed by atoms with Crippen LogP contribution in [0.3, 0.4) is 0 Å². The van der Waals surface area contributed by atoms with Gasteiger partial charge in [-0.1, -0.05) is 185 Å². The summed E-state index contributed by atoms with van der Waals surface area (Å²) >= 11 is 0. The molecule has 0 aromatic carbocycles. The van der Waals surface area contributed by atoms with Crippen LogP contribution in [0.5, 0.6) is 0 Å². The smallest absolute Gasteiger partial charge is 0.249 e. The number of carbonyl (C=O) groups is 1. The average Bonchev–Trinajstić information content (AvgIpc) is 3.06. The Balaban J connectivity index is 3.74. The highest BCUT2D eigenvalue weighted by Gasteiger charge is 2.22. The van der Waals surface area contributed by atoms with E-state index in [-0.39, 0.29) is 6.61 Å². The summed E-state index contributed by atoms with van der Waals surface area (Å²) in [5, 5.41) is 33.0. The third-order valence-corrected chi connectivity index (χ3v) is 9.00. The fourth-order valence-electron chi connectivity index (χ4n) is 5.82. The van der Waals surface area contributed by atoms with Crippen LogP contribution in [0.15, 0.2) is 36.5 Å². The van der Waals surface area contributed by atoms with E-state index in [9.17, 15) is 20.1 Å². The molecule has 1 amide bonds. The maximum Gasteiger partial charge on any atom is 0.249 e. The number of aliphatic hydroxyl groups excluding tert-OH is 3. The molecule has 0 spiro atoms. The Labute approximate surface area is 285 Å². The first-order chi connectivity index (χ1) is 22.6. The van der Waals surface area contributed by atoms with Crippen LogP contribution in [-0.4, -0.2) is 46.1 Å². The molecule has 0 saturated carbocycles. The summed E-state index contributed by atoms with van der Waals surface area (Å²) in [6.45, 7) is 4.13. The molecule has 0 fully saturated rings. The van der Waals surface area contributed by atoms with Crippen LogP contribution in [0.25, 0.3) is 0 Å². The molecule has 4 N–H and O–H groups in total. The van der Waals surface area contributed by atoms with E-state index in [1.807, 2.05) is 6.08 Å². The second kappa shape index (κ2) is 36.4. The monoisotopic (exact) mass is 648 g/mol. The van der Waals surface area contributed by atoms with Gasteiger partial charge in [0.05, 0.1) is 18.8 Å². The fraction of sp³-hybridized carbons (Fsp3) is 0.829. The summed E-state index contributed by atoms with van der Waals surface area (Å²) in [4.78, 5) is 12.4. The van der Waals surface area contributed by atoms with Crippen molar-refractivity contribution in [3.05, 3.63) is 36.5 Å². The molecule has 3 atom stereocenters. The Morgan fingerprint density at radius 2 is 0.913 bits per heavy atom. The third-order valence-electron chi connectivity index (χ3n) is 9.00. The Morgan fingerprint density at radius 1 is 0.543 bits per heavy atom. The predicted molar refractivity (Wildman–Crippen MR) is 199 cm³/mol. The van der Waals surface area contributed by atoms with Gasteiger partial charge < -0.3 is 20.6 Å². The zero-order valence-corrected chi connectivity index (χ0v) is 30.5. The second-order valence-electron chi connectivity index (χ2n) is 13.5. The maximum atomic E-state index is 12.4. The van der Waals surface area contributed by atoms with Crippen LogP contribution < -0.4 is 5.32 Å². The Kier molecular flexibility index (Phi) is 35.3. The number of carbonyl (C=O) groups excluding carboxylic acids is 1. The molecule has 0 heterocycles. The molecule has 0 saturated heterocycles. The van der Waals surface area contributed by atoms with Crippen LogP contribution in [0.1, 0.15) is 194 Å². The van der Waals surface area contributed by atoms with Crippen molar-refractivity contribution in [1.82, 2.24) is 5.32 Å². The molecule has 270 valence electrons. The molecular weight excluding hydrogens is 570 g/mol. The van der Waals surface area contributed by atoms with Crippen molar-refractivity contribution in [2.45, 2.75) is 212 Å². The lowest BCUT2D eigenvalue weighted by Crippen LogP contribution is -2.48. The first-order valence-corrected chi connectivity index (χ1v) is 19.8. The number of amides is 1. The predicted octanol–water partition coefficient (Wildman–Crippen LogP) is 10.8. The van der Waals surface area contributed by atoms with Gasteiger partial charge in [0.15, 0.2) is 0 Å². The minimum atomic E-state index is -1.11. The molecule has 5 nitrogen and oxygen atoms in total. The minimum absolute atomic E-state index is 0.369. The number of rotatable bonds is 35. The molecule has 0 bridgehead atoms. The molecule has 0 radical (unpaired) electrons. The first kappa shape index (κ1) is 44.6. The van der Waals surface area contributed by atoms with Gasteiger partial charge in [-0.25, -0.2) is 0 Å². The quantitative estimate of drug-likeness (QED) is 0.0313. The van der Waals surface area contributed by atoms with Crippen molar-refractivity contribution in [2.24, 2.45) is 0 Å². The largest absolute Gasteiger partial charge is 0.394 e. The fourth-order valence-corrected chi connectivity index (χ4v) is 5.82. The lowest BCUT2D eigenvalue weighted by molar-refractivity contribution is -0.131. The molecule has 0 aromatic rings. The van der Waals surface area contributed by atoms with Gasteiger partial charge in [0, 0.05) is 0 Å². The van der Waals surface area contributed by atoms with Crippen molar-refractivity contribution in [3.8, 4) is 0 Å². The normalized spacial score (nSPS) is 14.1. The molecule has 0 aromatic heterocycles. The van der Waals surface area contributed by atoms with Crippen LogP contribution in [0.2, 0.25) is 0 Å². The summed E-state index contributed by atoms with van der Waals surface area (Å²) in [6.07, 6.45) is 44.4. The zero-order chi connectivity index (χ0) is 33.8. The topological polar surface area (TPSA) is 89.8 Å². The van der Waals surface area contributed by atoms with E-state index in [1.54, 1.807) is 6.08 Å². The molecular formula is C41H77NO4. The molecule has 3 unspecified atom stereocenters. The Bertz CT molecular complexity index is 719. The summed E-state index contributed by atoms with van der Waals surface area (Å²) in [5.74, 6) is -0.516. The van der Waals surface area contributed by atoms with Crippen molar-refractivity contribution in [2.75, 3.05) is 6.61 Å². The van der Waals surface area contributed by atoms with Gasteiger partial charge in [0.25, 0.3) is 0 Å². The van der Waals surface area contributed by atoms with E-state index in [2.05, 4.69) is 43.5 Å². The average molecular weight is 648 g/mol. The molecule has 0 rings (SSSR count). The summed E-state index contributed by atoms with van der Waals surface area (Å²) in [6, 6.07) is -0.802. The van der Waals surface area contributed by atoms with E-state index in [4.69, 9.17) is 0 Å². The minimum Gasteiger partial charge on any atom is -0.394 e. The van der Waals surface area contributed by atoms with Crippen LogP contribution in [0, 0.1) is 0 Å². The summed E-state index contributed by atoms with van der Waals surface area (Å²) in [7, 11) is 0. The molecule has 0 aliphatic rings. The van der Waals surface area contributed by atoms with Gasteiger partial charge in [0.1, 0.15) is 6.10 Å². The third kappa shape index (κ3) is 31.2. The van der Waals surface area contributed by atoms with Crippen LogP contribution in [-0.2, 0) is 4.79 Å². The van der Waals surface area contributed by atoms with Crippen molar-refractivity contribution in [3.63, 3.8) is 0 Å². The highest BCUT2D eigenvalue weighted by molar-refractivity contribution is 5.80. The van der Waals surface area contributed by atoms with E-state index in [0.717, 1.165) is 51.4 Å².